The Hall–Kier alpha value is -0.160. The largest absolute Gasteiger partial charge is 0.383 e. The predicted octanol–water partition coefficient (Wildman–Crippen LogP) is 2.66. The molecule has 0 atom stereocenters. The van der Waals surface area contributed by atoms with Gasteiger partial charge >= 0.3 is 0 Å². The molecular weight excluding hydrogens is 264 g/mol. The van der Waals surface area contributed by atoms with Crippen molar-refractivity contribution in [2.45, 2.75) is 57.5 Å². The van der Waals surface area contributed by atoms with Crippen LogP contribution in [0.1, 0.15) is 51.4 Å². The molecular formula is C17H36N2O2. The van der Waals surface area contributed by atoms with Gasteiger partial charge in [0, 0.05) is 20.3 Å². The number of methoxy groups -OCH3 is 1. The SMILES string of the molecule is COCCN(C)CCCCCCO[C@H]1CC[C@H](CN)CC1. The van der Waals surface area contributed by atoms with Gasteiger partial charge in [0.2, 0.25) is 0 Å². The van der Waals surface area contributed by atoms with E-state index in [0.29, 0.717) is 6.10 Å². The van der Waals surface area contributed by atoms with Gasteiger partial charge in [-0.2, -0.15) is 0 Å². The lowest BCUT2D eigenvalue weighted by Crippen LogP contribution is -2.26. The van der Waals surface area contributed by atoms with Gasteiger partial charge in [-0.25, -0.2) is 0 Å². The van der Waals surface area contributed by atoms with E-state index in [4.69, 9.17) is 15.2 Å². The summed E-state index contributed by atoms with van der Waals surface area (Å²) in [6, 6.07) is 0. The maximum atomic E-state index is 5.99. The van der Waals surface area contributed by atoms with Crippen molar-refractivity contribution < 1.29 is 9.47 Å². The Kier molecular flexibility index (Phi) is 11.1. The molecule has 1 rings (SSSR count). The number of rotatable bonds is 12. The monoisotopic (exact) mass is 300 g/mol. The number of hydrogen-bond acceptors (Lipinski definition) is 4. The maximum absolute atomic E-state index is 5.99. The zero-order valence-corrected chi connectivity index (χ0v) is 14.2. The number of likely N-dealkylation sites (N-methyl/N-ethyl adjacent to an activating group) is 1. The summed E-state index contributed by atoms with van der Waals surface area (Å²) in [5.41, 5.74) is 5.71. The highest BCUT2D eigenvalue weighted by molar-refractivity contribution is 4.73. The Morgan fingerprint density at radius 2 is 1.67 bits per heavy atom. The Morgan fingerprint density at radius 3 is 2.33 bits per heavy atom. The molecule has 21 heavy (non-hydrogen) atoms. The van der Waals surface area contributed by atoms with E-state index in [1.807, 2.05) is 0 Å². The molecule has 0 aromatic rings. The molecule has 4 heteroatoms. The van der Waals surface area contributed by atoms with Crippen molar-refractivity contribution >= 4 is 0 Å². The third-order valence-corrected chi connectivity index (χ3v) is 4.59. The quantitative estimate of drug-likeness (QED) is 0.563. The predicted molar refractivity (Wildman–Crippen MR) is 88.6 cm³/mol. The normalized spacial score (nSPS) is 22.9. The van der Waals surface area contributed by atoms with Crippen molar-refractivity contribution in [3.8, 4) is 0 Å². The fraction of sp³-hybridized carbons (Fsp3) is 1.00. The molecule has 0 unspecified atom stereocenters. The van der Waals surface area contributed by atoms with Gasteiger partial charge in [0.15, 0.2) is 0 Å². The molecule has 0 aliphatic heterocycles. The average molecular weight is 300 g/mol. The van der Waals surface area contributed by atoms with Crippen LogP contribution in [0.25, 0.3) is 0 Å². The molecule has 1 saturated carbocycles. The van der Waals surface area contributed by atoms with Gasteiger partial charge < -0.3 is 20.1 Å². The van der Waals surface area contributed by atoms with E-state index in [0.717, 1.165) is 32.2 Å². The van der Waals surface area contributed by atoms with Gasteiger partial charge in [0.25, 0.3) is 0 Å². The third kappa shape index (κ3) is 9.46. The standard InChI is InChI=1S/C17H36N2O2/c1-19(12-14-20-2)11-5-3-4-6-13-21-17-9-7-16(15-18)8-10-17/h16-17H,3-15,18H2,1-2H3/t16-,17-. The summed E-state index contributed by atoms with van der Waals surface area (Å²) in [5, 5.41) is 0. The van der Waals surface area contributed by atoms with Crippen molar-refractivity contribution in [3.05, 3.63) is 0 Å². The smallest absolute Gasteiger partial charge is 0.0589 e. The molecule has 1 aliphatic rings. The minimum absolute atomic E-state index is 0.507. The Morgan fingerprint density at radius 1 is 0.952 bits per heavy atom. The summed E-state index contributed by atoms with van der Waals surface area (Å²) in [6.07, 6.45) is 10.5. The second-order valence-corrected chi connectivity index (χ2v) is 6.46. The second-order valence-electron chi connectivity index (χ2n) is 6.46. The molecule has 0 saturated heterocycles. The fourth-order valence-electron chi connectivity index (χ4n) is 2.98. The molecule has 4 nitrogen and oxygen atoms in total. The highest BCUT2D eigenvalue weighted by atomic mass is 16.5. The number of unbranched alkanes of at least 4 members (excludes halogenated alkanes) is 3. The number of hydrogen-bond donors (Lipinski definition) is 1. The molecule has 0 spiro atoms. The molecule has 0 radical (unpaired) electrons. The number of nitrogens with two attached hydrogens (primary N) is 1. The molecule has 1 aliphatic carbocycles. The van der Waals surface area contributed by atoms with E-state index in [2.05, 4.69) is 11.9 Å². The Balaban J connectivity index is 1.84. The van der Waals surface area contributed by atoms with Gasteiger partial charge in [0.1, 0.15) is 0 Å². The van der Waals surface area contributed by atoms with E-state index in [1.54, 1.807) is 7.11 Å². The molecule has 126 valence electrons. The van der Waals surface area contributed by atoms with Gasteiger partial charge in [-0.3, -0.25) is 0 Å². The van der Waals surface area contributed by atoms with Crippen molar-refractivity contribution in [2.75, 3.05) is 47.0 Å². The van der Waals surface area contributed by atoms with Crippen LogP contribution in [0.15, 0.2) is 0 Å². The van der Waals surface area contributed by atoms with Crippen LogP contribution in [0.5, 0.6) is 0 Å². The number of ether oxygens (including phenoxy) is 2. The van der Waals surface area contributed by atoms with Crippen LogP contribution in [-0.2, 0) is 9.47 Å². The lowest BCUT2D eigenvalue weighted by molar-refractivity contribution is 0.0169. The van der Waals surface area contributed by atoms with E-state index >= 15 is 0 Å². The van der Waals surface area contributed by atoms with E-state index in [-0.39, 0.29) is 0 Å². The summed E-state index contributed by atoms with van der Waals surface area (Å²) < 4.78 is 11.1. The van der Waals surface area contributed by atoms with E-state index in [9.17, 15) is 0 Å². The van der Waals surface area contributed by atoms with Crippen molar-refractivity contribution in [1.29, 1.82) is 0 Å². The number of nitrogens with zero attached hydrogens (tertiary/aromatic N) is 1. The molecule has 0 aromatic carbocycles. The first kappa shape index (κ1) is 18.9. The van der Waals surface area contributed by atoms with Crippen molar-refractivity contribution in [2.24, 2.45) is 11.7 Å². The molecule has 2 N–H and O–H groups in total. The van der Waals surface area contributed by atoms with Gasteiger partial charge in [-0.15, -0.1) is 0 Å². The van der Waals surface area contributed by atoms with Crippen molar-refractivity contribution in [1.82, 2.24) is 4.90 Å². The van der Waals surface area contributed by atoms with Crippen LogP contribution >= 0.6 is 0 Å². The van der Waals surface area contributed by atoms with Crippen LogP contribution in [-0.4, -0.2) is 58.0 Å². The van der Waals surface area contributed by atoms with Crippen LogP contribution in [0.3, 0.4) is 0 Å². The highest BCUT2D eigenvalue weighted by Crippen LogP contribution is 2.25. The summed E-state index contributed by atoms with van der Waals surface area (Å²) in [7, 11) is 3.93. The summed E-state index contributed by atoms with van der Waals surface area (Å²) >= 11 is 0. The summed E-state index contributed by atoms with van der Waals surface area (Å²) in [5.74, 6) is 0.750. The van der Waals surface area contributed by atoms with E-state index in [1.165, 1.54) is 57.9 Å². The minimum atomic E-state index is 0.507. The van der Waals surface area contributed by atoms with Gasteiger partial charge in [-0.1, -0.05) is 12.8 Å². The third-order valence-electron chi connectivity index (χ3n) is 4.59. The van der Waals surface area contributed by atoms with Gasteiger partial charge in [0.05, 0.1) is 12.7 Å². The minimum Gasteiger partial charge on any atom is -0.383 e. The fourth-order valence-corrected chi connectivity index (χ4v) is 2.98. The van der Waals surface area contributed by atoms with Gasteiger partial charge in [-0.05, 0) is 64.6 Å². The lowest BCUT2D eigenvalue weighted by Gasteiger charge is -2.27. The molecule has 0 amide bonds. The topological polar surface area (TPSA) is 47.7 Å². The first-order chi connectivity index (χ1) is 10.3. The van der Waals surface area contributed by atoms with Crippen LogP contribution in [0.4, 0.5) is 0 Å². The summed E-state index contributed by atoms with van der Waals surface area (Å²) in [4.78, 5) is 2.34. The molecule has 0 heterocycles. The molecule has 0 bridgehead atoms. The maximum Gasteiger partial charge on any atom is 0.0589 e. The van der Waals surface area contributed by atoms with Crippen molar-refractivity contribution in [3.63, 3.8) is 0 Å². The second kappa shape index (κ2) is 12.4. The summed E-state index contributed by atoms with van der Waals surface area (Å²) in [6.45, 7) is 4.83. The van der Waals surface area contributed by atoms with E-state index < -0.39 is 0 Å². The van der Waals surface area contributed by atoms with Crippen LogP contribution < -0.4 is 5.73 Å². The molecule has 0 aromatic heterocycles. The Bertz CT molecular complexity index is 231. The highest BCUT2D eigenvalue weighted by Gasteiger charge is 2.20. The first-order valence-electron chi connectivity index (χ1n) is 8.75. The first-order valence-corrected chi connectivity index (χ1v) is 8.75. The van der Waals surface area contributed by atoms with Crippen LogP contribution in [0, 0.1) is 5.92 Å². The Labute approximate surface area is 131 Å². The van der Waals surface area contributed by atoms with Crippen LogP contribution in [0.2, 0.25) is 0 Å². The lowest BCUT2D eigenvalue weighted by atomic mass is 9.87. The molecule has 1 fully saturated rings. The average Bonchev–Trinajstić information content (AvgIpc) is 2.52. The zero-order valence-electron chi connectivity index (χ0n) is 14.2. The zero-order chi connectivity index (χ0) is 15.3.